The first-order valence-electron chi connectivity index (χ1n) is 8.67. The van der Waals surface area contributed by atoms with Crippen LogP contribution in [-0.4, -0.2) is 36.1 Å². The van der Waals surface area contributed by atoms with Crippen LogP contribution in [0.2, 0.25) is 0 Å². The van der Waals surface area contributed by atoms with Gasteiger partial charge in [0, 0.05) is 6.54 Å². The number of hydrogen-bond acceptors (Lipinski definition) is 4. The Kier molecular flexibility index (Phi) is 7.61. The van der Waals surface area contributed by atoms with Crippen LogP contribution in [0, 0.1) is 5.92 Å². The number of para-hydroxylation sites is 1. The van der Waals surface area contributed by atoms with Crippen molar-refractivity contribution in [3.63, 3.8) is 0 Å². The first-order chi connectivity index (χ1) is 12.0. The molecule has 0 aromatic heterocycles. The third kappa shape index (κ3) is 7.55. The molecule has 0 aliphatic heterocycles. The summed E-state index contributed by atoms with van der Waals surface area (Å²) >= 11 is 0. The van der Waals surface area contributed by atoms with E-state index in [1.165, 1.54) is 0 Å². The molecule has 26 heavy (non-hydrogen) atoms. The summed E-state index contributed by atoms with van der Waals surface area (Å²) in [5.41, 5.74) is 0.101. The van der Waals surface area contributed by atoms with Crippen molar-refractivity contribution < 1.29 is 19.1 Å². The van der Waals surface area contributed by atoms with Crippen LogP contribution in [0.4, 0.5) is 10.5 Å². The fraction of sp³-hybridized carbons (Fsp3) is 0.526. The Balaban J connectivity index is 2.74. The lowest BCUT2D eigenvalue weighted by Gasteiger charge is -2.22. The molecule has 7 nitrogen and oxygen atoms in total. The van der Waals surface area contributed by atoms with E-state index in [1.807, 2.05) is 13.8 Å². The van der Waals surface area contributed by atoms with E-state index in [9.17, 15) is 14.4 Å². The van der Waals surface area contributed by atoms with Gasteiger partial charge in [-0.05, 0) is 45.7 Å². The zero-order chi connectivity index (χ0) is 19.9. The molecule has 0 aliphatic carbocycles. The number of carbonyl (C=O) groups excluding carboxylic acids is 3. The van der Waals surface area contributed by atoms with Gasteiger partial charge in [-0.15, -0.1) is 0 Å². The molecule has 144 valence electrons. The number of carbonyl (C=O) groups is 3. The molecule has 0 aliphatic rings. The normalized spacial score (nSPS) is 12.3. The van der Waals surface area contributed by atoms with Gasteiger partial charge in [0.1, 0.15) is 11.6 Å². The van der Waals surface area contributed by atoms with E-state index < -0.39 is 23.6 Å². The van der Waals surface area contributed by atoms with Crippen molar-refractivity contribution in [3.8, 4) is 0 Å². The van der Waals surface area contributed by atoms with Crippen molar-refractivity contribution in [3.05, 3.63) is 29.8 Å². The Labute approximate surface area is 154 Å². The van der Waals surface area contributed by atoms with Crippen LogP contribution >= 0.6 is 0 Å². The predicted molar refractivity (Wildman–Crippen MR) is 101 cm³/mol. The summed E-state index contributed by atoms with van der Waals surface area (Å²) in [7, 11) is 0. The fourth-order valence-corrected chi connectivity index (χ4v) is 1.97. The summed E-state index contributed by atoms with van der Waals surface area (Å²) in [5, 5.41) is 7.97. The number of amides is 3. The quantitative estimate of drug-likeness (QED) is 0.724. The zero-order valence-electron chi connectivity index (χ0n) is 16.3. The molecular formula is C19H29N3O4. The lowest BCUT2D eigenvalue weighted by Crippen LogP contribution is -2.44. The standard InChI is InChI=1S/C19H29N3O4/c1-12(2)11-20-17(24)14-9-7-8-10-15(14)22-16(23)13(3)21-18(25)26-19(4,5)6/h7-10,12-13H,11H2,1-6H3,(H,20,24)(H,21,25)(H,22,23)/t13-/m1/s1. The highest BCUT2D eigenvalue weighted by molar-refractivity contribution is 6.05. The zero-order valence-corrected chi connectivity index (χ0v) is 16.3. The smallest absolute Gasteiger partial charge is 0.408 e. The fourth-order valence-electron chi connectivity index (χ4n) is 1.97. The van der Waals surface area contributed by atoms with Crippen molar-refractivity contribution in [2.24, 2.45) is 5.92 Å². The van der Waals surface area contributed by atoms with Gasteiger partial charge < -0.3 is 20.7 Å². The van der Waals surface area contributed by atoms with Crippen LogP contribution in [0.3, 0.4) is 0 Å². The topological polar surface area (TPSA) is 96.5 Å². The molecule has 1 aromatic rings. The van der Waals surface area contributed by atoms with Crippen LogP contribution in [-0.2, 0) is 9.53 Å². The van der Waals surface area contributed by atoms with Crippen LogP contribution in [0.25, 0.3) is 0 Å². The summed E-state index contributed by atoms with van der Waals surface area (Å²) in [5.74, 6) is -0.388. The van der Waals surface area contributed by atoms with Gasteiger partial charge in [-0.2, -0.15) is 0 Å². The Hall–Kier alpha value is -2.57. The molecule has 0 saturated carbocycles. The second-order valence-electron chi connectivity index (χ2n) is 7.51. The monoisotopic (exact) mass is 363 g/mol. The molecule has 0 spiro atoms. The molecule has 0 bridgehead atoms. The largest absolute Gasteiger partial charge is 0.444 e. The van der Waals surface area contributed by atoms with Crippen molar-refractivity contribution in [1.29, 1.82) is 0 Å². The van der Waals surface area contributed by atoms with E-state index >= 15 is 0 Å². The maximum atomic E-state index is 12.3. The van der Waals surface area contributed by atoms with Gasteiger partial charge >= 0.3 is 6.09 Å². The highest BCUT2D eigenvalue weighted by Gasteiger charge is 2.22. The molecule has 1 rings (SSSR count). The lowest BCUT2D eigenvalue weighted by atomic mass is 10.1. The molecule has 7 heteroatoms. The summed E-state index contributed by atoms with van der Waals surface area (Å²) in [6.45, 7) is 11.3. The van der Waals surface area contributed by atoms with Gasteiger partial charge in [-0.25, -0.2) is 4.79 Å². The number of nitrogens with one attached hydrogen (secondary N) is 3. The molecule has 0 heterocycles. The molecule has 0 saturated heterocycles. The Morgan fingerprint density at radius 1 is 1.08 bits per heavy atom. The average Bonchev–Trinajstić information content (AvgIpc) is 2.51. The number of rotatable bonds is 6. The second kappa shape index (κ2) is 9.22. The Morgan fingerprint density at radius 2 is 1.69 bits per heavy atom. The van der Waals surface area contributed by atoms with Gasteiger partial charge in [0.2, 0.25) is 5.91 Å². The summed E-state index contributed by atoms with van der Waals surface area (Å²) < 4.78 is 5.13. The minimum Gasteiger partial charge on any atom is -0.444 e. The summed E-state index contributed by atoms with van der Waals surface area (Å²) in [6.07, 6.45) is -0.678. The van der Waals surface area contributed by atoms with Crippen molar-refractivity contribution >= 4 is 23.6 Å². The van der Waals surface area contributed by atoms with Crippen LogP contribution in [0.1, 0.15) is 51.9 Å². The molecule has 0 unspecified atom stereocenters. The predicted octanol–water partition coefficient (Wildman–Crippen LogP) is 2.92. The van der Waals surface area contributed by atoms with Gasteiger partial charge in [0.15, 0.2) is 0 Å². The lowest BCUT2D eigenvalue weighted by molar-refractivity contribution is -0.117. The average molecular weight is 363 g/mol. The maximum Gasteiger partial charge on any atom is 0.408 e. The first kappa shape index (κ1) is 21.5. The van der Waals surface area contributed by atoms with Gasteiger partial charge in [-0.3, -0.25) is 9.59 Å². The van der Waals surface area contributed by atoms with E-state index in [4.69, 9.17) is 4.74 Å². The molecular weight excluding hydrogens is 334 g/mol. The highest BCUT2D eigenvalue weighted by Crippen LogP contribution is 2.15. The van der Waals surface area contributed by atoms with Crippen LogP contribution in [0.5, 0.6) is 0 Å². The Morgan fingerprint density at radius 3 is 2.27 bits per heavy atom. The number of anilines is 1. The van der Waals surface area contributed by atoms with E-state index in [2.05, 4.69) is 16.0 Å². The minimum atomic E-state index is -0.823. The number of alkyl carbamates (subject to hydrolysis) is 1. The molecule has 1 atom stereocenters. The van der Waals surface area contributed by atoms with Crippen molar-refractivity contribution in [1.82, 2.24) is 10.6 Å². The van der Waals surface area contributed by atoms with Gasteiger partial charge in [0.05, 0.1) is 11.3 Å². The number of ether oxygens (including phenoxy) is 1. The van der Waals surface area contributed by atoms with E-state index in [0.29, 0.717) is 23.7 Å². The number of hydrogen-bond donors (Lipinski definition) is 3. The summed E-state index contributed by atoms with van der Waals surface area (Å²) in [4.78, 5) is 36.4. The SMILES string of the molecule is CC(C)CNC(=O)c1ccccc1NC(=O)[C@@H](C)NC(=O)OC(C)(C)C. The molecule has 0 radical (unpaired) electrons. The van der Waals surface area contributed by atoms with Crippen molar-refractivity contribution in [2.75, 3.05) is 11.9 Å². The van der Waals surface area contributed by atoms with Crippen molar-refractivity contribution in [2.45, 2.75) is 53.2 Å². The maximum absolute atomic E-state index is 12.3. The summed E-state index contributed by atoms with van der Waals surface area (Å²) in [6, 6.07) is 5.90. The van der Waals surface area contributed by atoms with Crippen LogP contribution < -0.4 is 16.0 Å². The Bertz CT molecular complexity index is 650. The molecule has 3 N–H and O–H groups in total. The molecule has 3 amide bonds. The van der Waals surface area contributed by atoms with E-state index in [-0.39, 0.29) is 5.91 Å². The molecule has 0 fully saturated rings. The second-order valence-corrected chi connectivity index (χ2v) is 7.51. The third-order valence-corrected chi connectivity index (χ3v) is 3.23. The minimum absolute atomic E-state index is 0.262. The van der Waals surface area contributed by atoms with Crippen LogP contribution in [0.15, 0.2) is 24.3 Å². The van der Waals surface area contributed by atoms with E-state index in [0.717, 1.165) is 0 Å². The third-order valence-electron chi connectivity index (χ3n) is 3.23. The first-order valence-corrected chi connectivity index (χ1v) is 8.67. The number of benzene rings is 1. The molecule has 1 aromatic carbocycles. The van der Waals surface area contributed by atoms with Gasteiger partial charge in [-0.1, -0.05) is 26.0 Å². The highest BCUT2D eigenvalue weighted by atomic mass is 16.6. The van der Waals surface area contributed by atoms with Gasteiger partial charge in [0.25, 0.3) is 5.91 Å². The van der Waals surface area contributed by atoms with E-state index in [1.54, 1.807) is 52.0 Å².